The topological polar surface area (TPSA) is 83.4 Å². The minimum atomic E-state index is -0.156. The molecule has 1 aliphatic heterocycles. The molecule has 1 saturated heterocycles. The molecule has 1 fully saturated rings. The van der Waals surface area contributed by atoms with Gasteiger partial charge in [0.1, 0.15) is 12.4 Å². The molecular weight excluding hydrogens is 440 g/mol. The monoisotopic (exact) mass is 468 g/mol. The summed E-state index contributed by atoms with van der Waals surface area (Å²) in [6, 6.07) is 23.6. The van der Waals surface area contributed by atoms with Crippen LogP contribution in [0.1, 0.15) is 11.5 Å². The number of aromatic nitrogens is 3. The fraction of sp³-hybridized carbons (Fsp3) is 0.259. The van der Waals surface area contributed by atoms with E-state index in [1.807, 2.05) is 70.1 Å². The maximum absolute atomic E-state index is 13.3. The van der Waals surface area contributed by atoms with Crippen molar-refractivity contribution in [3.63, 3.8) is 0 Å². The fourth-order valence-corrected chi connectivity index (χ4v) is 4.42. The van der Waals surface area contributed by atoms with Crippen molar-refractivity contribution < 1.29 is 9.59 Å². The Labute approximate surface area is 204 Å². The SMILES string of the molecule is O=C(Cc1nc2ccccc2n1CC(=O)N1CCN(c2ccccc2)CC1)NCc1ccccn1. The van der Waals surface area contributed by atoms with E-state index in [4.69, 9.17) is 0 Å². The number of imidazole rings is 1. The first-order valence-corrected chi connectivity index (χ1v) is 11.9. The van der Waals surface area contributed by atoms with Crippen molar-refractivity contribution >= 4 is 28.5 Å². The smallest absolute Gasteiger partial charge is 0.242 e. The van der Waals surface area contributed by atoms with Gasteiger partial charge in [0, 0.05) is 38.1 Å². The zero-order chi connectivity index (χ0) is 24.0. The van der Waals surface area contributed by atoms with Gasteiger partial charge in [-0.15, -0.1) is 0 Å². The van der Waals surface area contributed by atoms with E-state index >= 15 is 0 Å². The van der Waals surface area contributed by atoms with Crippen molar-refractivity contribution in [1.29, 1.82) is 0 Å². The van der Waals surface area contributed by atoms with Crippen molar-refractivity contribution in [3.8, 4) is 0 Å². The molecule has 178 valence electrons. The zero-order valence-electron chi connectivity index (χ0n) is 19.5. The highest BCUT2D eigenvalue weighted by molar-refractivity contribution is 5.83. The number of para-hydroxylation sites is 3. The van der Waals surface area contributed by atoms with Crippen molar-refractivity contribution in [2.24, 2.45) is 0 Å². The molecule has 0 spiro atoms. The lowest BCUT2D eigenvalue weighted by atomic mass is 10.2. The second-order valence-electron chi connectivity index (χ2n) is 8.58. The Morgan fingerprint density at radius 1 is 0.857 bits per heavy atom. The molecule has 1 N–H and O–H groups in total. The van der Waals surface area contributed by atoms with Gasteiger partial charge in [-0.05, 0) is 36.4 Å². The Hall–Kier alpha value is -4.20. The number of pyridine rings is 1. The third kappa shape index (κ3) is 5.32. The first-order chi connectivity index (χ1) is 17.2. The van der Waals surface area contributed by atoms with E-state index in [2.05, 4.69) is 32.3 Å². The molecule has 0 aliphatic carbocycles. The number of piperazine rings is 1. The van der Waals surface area contributed by atoms with Gasteiger partial charge in [0.05, 0.1) is 29.7 Å². The maximum Gasteiger partial charge on any atom is 0.242 e. The molecule has 0 atom stereocenters. The van der Waals surface area contributed by atoms with Crippen molar-refractivity contribution in [3.05, 3.63) is 90.5 Å². The molecule has 2 amide bonds. The van der Waals surface area contributed by atoms with Gasteiger partial charge in [-0.3, -0.25) is 14.6 Å². The molecule has 35 heavy (non-hydrogen) atoms. The summed E-state index contributed by atoms with van der Waals surface area (Å²) in [4.78, 5) is 39.0. The van der Waals surface area contributed by atoms with Crippen LogP contribution >= 0.6 is 0 Å². The molecule has 0 bridgehead atoms. The third-order valence-corrected chi connectivity index (χ3v) is 6.29. The van der Waals surface area contributed by atoms with E-state index in [0.717, 1.165) is 29.8 Å². The van der Waals surface area contributed by atoms with Crippen LogP contribution in [0.15, 0.2) is 79.0 Å². The summed E-state index contributed by atoms with van der Waals surface area (Å²) in [6.07, 6.45) is 1.79. The molecule has 0 radical (unpaired) electrons. The highest BCUT2D eigenvalue weighted by Crippen LogP contribution is 2.19. The Kier molecular flexibility index (Phi) is 6.70. The minimum Gasteiger partial charge on any atom is -0.368 e. The minimum absolute atomic E-state index is 0.0380. The maximum atomic E-state index is 13.3. The number of amides is 2. The zero-order valence-corrected chi connectivity index (χ0v) is 19.5. The lowest BCUT2D eigenvalue weighted by Gasteiger charge is -2.36. The van der Waals surface area contributed by atoms with Crippen LogP contribution in [0.3, 0.4) is 0 Å². The third-order valence-electron chi connectivity index (χ3n) is 6.29. The molecule has 0 saturated carbocycles. The molecule has 4 aromatic rings. The normalized spacial score (nSPS) is 13.7. The second kappa shape index (κ2) is 10.4. The van der Waals surface area contributed by atoms with Crippen molar-refractivity contribution in [2.75, 3.05) is 31.1 Å². The fourth-order valence-electron chi connectivity index (χ4n) is 4.42. The van der Waals surface area contributed by atoms with Gasteiger partial charge < -0.3 is 19.7 Å². The predicted molar refractivity (Wildman–Crippen MR) is 135 cm³/mol. The average molecular weight is 469 g/mol. The summed E-state index contributed by atoms with van der Waals surface area (Å²) in [5, 5.41) is 2.90. The van der Waals surface area contributed by atoms with Crippen molar-refractivity contribution in [1.82, 2.24) is 24.8 Å². The molecule has 0 unspecified atom stereocenters. The number of hydrogen-bond donors (Lipinski definition) is 1. The van der Waals surface area contributed by atoms with Crippen LogP contribution in [0.2, 0.25) is 0 Å². The van der Waals surface area contributed by atoms with Gasteiger partial charge in [0.2, 0.25) is 11.8 Å². The molecule has 8 nitrogen and oxygen atoms in total. The van der Waals surface area contributed by atoms with E-state index in [0.29, 0.717) is 25.5 Å². The number of anilines is 1. The van der Waals surface area contributed by atoms with Gasteiger partial charge >= 0.3 is 0 Å². The summed E-state index contributed by atoms with van der Waals surface area (Å²) in [5.74, 6) is 0.466. The molecule has 2 aromatic heterocycles. The van der Waals surface area contributed by atoms with Crippen LogP contribution < -0.4 is 10.2 Å². The van der Waals surface area contributed by atoms with Crippen LogP contribution in [0.25, 0.3) is 11.0 Å². The lowest BCUT2D eigenvalue weighted by molar-refractivity contribution is -0.132. The van der Waals surface area contributed by atoms with Gasteiger partial charge in [0.15, 0.2) is 0 Å². The van der Waals surface area contributed by atoms with Crippen LogP contribution in [-0.4, -0.2) is 57.4 Å². The number of nitrogens with zero attached hydrogens (tertiary/aromatic N) is 5. The van der Waals surface area contributed by atoms with Gasteiger partial charge in [-0.2, -0.15) is 0 Å². The highest BCUT2D eigenvalue weighted by Gasteiger charge is 2.23. The Balaban J connectivity index is 1.26. The van der Waals surface area contributed by atoms with Crippen LogP contribution in [-0.2, 0) is 29.1 Å². The van der Waals surface area contributed by atoms with Crippen LogP contribution in [0.5, 0.6) is 0 Å². The standard InChI is InChI=1S/C27H28N6O2/c34-26(29-19-21-8-6-7-13-28-21)18-25-30-23-11-4-5-12-24(23)33(25)20-27(35)32-16-14-31(15-17-32)22-9-2-1-3-10-22/h1-13H,14-20H2,(H,29,34). The first-order valence-electron chi connectivity index (χ1n) is 11.9. The number of carbonyl (C=O) groups excluding carboxylic acids is 2. The lowest BCUT2D eigenvalue weighted by Crippen LogP contribution is -2.49. The van der Waals surface area contributed by atoms with Gasteiger partial charge in [-0.25, -0.2) is 4.98 Å². The van der Waals surface area contributed by atoms with Crippen LogP contribution in [0, 0.1) is 0 Å². The number of carbonyl (C=O) groups is 2. The molecular formula is C27H28N6O2. The second-order valence-corrected chi connectivity index (χ2v) is 8.58. The highest BCUT2D eigenvalue weighted by atomic mass is 16.2. The number of nitrogens with one attached hydrogen (secondary N) is 1. The molecule has 3 heterocycles. The van der Waals surface area contributed by atoms with Crippen LogP contribution in [0.4, 0.5) is 5.69 Å². The number of rotatable bonds is 7. The number of hydrogen-bond acceptors (Lipinski definition) is 5. The van der Waals surface area contributed by atoms with E-state index in [9.17, 15) is 9.59 Å². The number of fused-ring (bicyclic) bond motifs is 1. The molecule has 5 rings (SSSR count). The quantitative estimate of drug-likeness (QED) is 0.451. The van der Waals surface area contributed by atoms with E-state index in [1.165, 1.54) is 5.69 Å². The molecule has 8 heteroatoms. The summed E-state index contributed by atoms with van der Waals surface area (Å²) < 4.78 is 1.88. The molecule has 1 aliphatic rings. The average Bonchev–Trinajstić information content (AvgIpc) is 3.25. The van der Waals surface area contributed by atoms with Gasteiger partial charge in [-0.1, -0.05) is 36.4 Å². The number of benzene rings is 2. The largest absolute Gasteiger partial charge is 0.368 e. The predicted octanol–water partition coefficient (Wildman–Crippen LogP) is 2.64. The summed E-state index contributed by atoms with van der Waals surface area (Å²) in [6.45, 7) is 3.44. The van der Waals surface area contributed by atoms with E-state index < -0.39 is 0 Å². The Morgan fingerprint density at radius 2 is 1.60 bits per heavy atom. The Bertz CT molecular complexity index is 1300. The van der Waals surface area contributed by atoms with E-state index in [1.54, 1.807) is 6.20 Å². The van der Waals surface area contributed by atoms with Gasteiger partial charge in [0.25, 0.3) is 0 Å². The van der Waals surface area contributed by atoms with Crippen molar-refractivity contribution in [2.45, 2.75) is 19.5 Å². The summed E-state index contributed by atoms with van der Waals surface area (Å²) in [7, 11) is 0. The molecule has 2 aromatic carbocycles. The summed E-state index contributed by atoms with van der Waals surface area (Å²) in [5.41, 5.74) is 3.61. The first kappa shape index (κ1) is 22.6. The summed E-state index contributed by atoms with van der Waals surface area (Å²) >= 11 is 0. The van der Waals surface area contributed by atoms with E-state index in [-0.39, 0.29) is 24.8 Å². The Morgan fingerprint density at radius 3 is 2.37 bits per heavy atom.